The van der Waals surface area contributed by atoms with Gasteiger partial charge in [-0.05, 0) is 32.1 Å². The fourth-order valence-corrected chi connectivity index (χ4v) is 3.75. The highest BCUT2D eigenvalue weighted by atomic mass is 16.2. The Balaban J connectivity index is 2.13. The first kappa shape index (κ1) is 23.2. The van der Waals surface area contributed by atoms with E-state index in [-0.39, 0.29) is 5.91 Å². The lowest BCUT2D eigenvalue weighted by atomic mass is 10.00. The zero-order valence-corrected chi connectivity index (χ0v) is 17.5. The van der Waals surface area contributed by atoms with Crippen molar-refractivity contribution in [2.75, 3.05) is 0 Å². The van der Waals surface area contributed by atoms with Crippen molar-refractivity contribution in [2.24, 2.45) is 5.10 Å². The lowest BCUT2D eigenvalue weighted by molar-refractivity contribution is -0.121. The van der Waals surface area contributed by atoms with Crippen molar-refractivity contribution in [1.82, 2.24) is 5.43 Å². The van der Waals surface area contributed by atoms with Gasteiger partial charge in [0.05, 0.1) is 0 Å². The molecule has 1 saturated carbocycles. The molecule has 0 bridgehead atoms. The molecule has 152 valence electrons. The van der Waals surface area contributed by atoms with E-state index < -0.39 is 0 Å². The fourth-order valence-electron chi connectivity index (χ4n) is 3.75. The first-order chi connectivity index (χ1) is 12.8. The van der Waals surface area contributed by atoms with Crippen molar-refractivity contribution in [1.29, 1.82) is 0 Å². The van der Waals surface area contributed by atoms with E-state index in [4.69, 9.17) is 0 Å². The molecule has 26 heavy (non-hydrogen) atoms. The van der Waals surface area contributed by atoms with Crippen LogP contribution in [-0.2, 0) is 4.79 Å². The normalized spacial score (nSPS) is 17.2. The number of unbranched alkanes of at least 4 members (excludes halogenated alkanes) is 7. The topological polar surface area (TPSA) is 41.5 Å². The maximum Gasteiger partial charge on any atom is 0.240 e. The predicted octanol–water partition coefficient (Wildman–Crippen LogP) is 7.29. The van der Waals surface area contributed by atoms with E-state index in [9.17, 15) is 4.79 Å². The van der Waals surface area contributed by atoms with Crippen LogP contribution in [-0.4, -0.2) is 11.6 Å². The molecule has 1 amide bonds. The van der Waals surface area contributed by atoms with Gasteiger partial charge in [0.1, 0.15) is 0 Å². The molecule has 1 aliphatic rings. The van der Waals surface area contributed by atoms with E-state index in [1.165, 1.54) is 108 Å². The number of carbonyl (C=O) groups is 1. The molecule has 0 aromatic rings. The number of amides is 1. The molecule has 1 fully saturated rings. The first-order valence-corrected chi connectivity index (χ1v) is 11.7. The summed E-state index contributed by atoms with van der Waals surface area (Å²) in [6.07, 6.45) is 24.9. The molecule has 0 heterocycles. The molecule has 0 aliphatic heterocycles. The Morgan fingerprint density at radius 1 is 0.731 bits per heavy atom. The third-order valence-electron chi connectivity index (χ3n) is 5.53. The smallest absolute Gasteiger partial charge is 0.240 e. The van der Waals surface area contributed by atoms with Gasteiger partial charge < -0.3 is 0 Å². The van der Waals surface area contributed by atoms with Crippen molar-refractivity contribution in [3.8, 4) is 0 Å². The molecule has 0 radical (unpaired) electrons. The van der Waals surface area contributed by atoms with E-state index in [0.29, 0.717) is 6.42 Å². The maximum absolute atomic E-state index is 12.0. The molecule has 1 rings (SSSR count). The number of nitrogens with one attached hydrogen (secondary N) is 1. The molecular formula is C23H44N2O. The second kappa shape index (κ2) is 17.5. The van der Waals surface area contributed by atoms with Gasteiger partial charge >= 0.3 is 0 Å². The molecule has 1 aliphatic carbocycles. The minimum Gasteiger partial charge on any atom is -0.273 e. The third kappa shape index (κ3) is 14.3. The molecule has 0 unspecified atom stereocenters. The Kier molecular flexibility index (Phi) is 15.6. The molecule has 0 aromatic heterocycles. The van der Waals surface area contributed by atoms with Crippen molar-refractivity contribution in [2.45, 2.75) is 135 Å². The van der Waals surface area contributed by atoms with E-state index in [2.05, 4.69) is 17.5 Å². The average molecular weight is 365 g/mol. The van der Waals surface area contributed by atoms with Crippen LogP contribution in [0.1, 0.15) is 135 Å². The largest absolute Gasteiger partial charge is 0.273 e. The van der Waals surface area contributed by atoms with Crippen LogP contribution in [0, 0.1) is 0 Å². The van der Waals surface area contributed by atoms with Gasteiger partial charge in [-0.3, -0.25) is 4.79 Å². The number of rotatable bonds is 10. The second-order valence-corrected chi connectivity index (χ2v) is 8.12. The predicted molar refractivity (Wildman–Crippen MR) is 114 cm³/mol. The van der Waals surface area contributed by atoms with Crippen LogP contribution < -0.4 is 5.43 Å². The van der Waals surface area contributed by atoms with Crippen LogP contribution in [0.4, 0.5) is 0 Å². The van der Waals surface area contributed by atoms with Crippen LogP contribution in [0.25, 0.3) is 0 Å². The Hall–Kier alpha value is -0.860. The van der Waals surface area contributed by atoms with Gasteiger partial charge in [-0.1, -0.05) is 96.8 Å². The number of nitrogens with zero attached hydrogens (tertiary/aromatic N) is 1. The number of carbonyl (C=O) groups excluding carboxylic acids is 1. The Labute approximate surface area is 162 Å². The Morgan fingerprint density at radius 2 is 1.19 bits per heavy atom. The highest BCUT2D eigenvalue weighted by Crippen LogP contribution is 2.15. The highest BCUT2D eigenvalue weighted by molar-refractivity contribution is 5.86. The van der Waals surface area contributed by atoms with E-state index in [1.807, 2.05) is 0 Å². The van der Waals surface area contributed by atoms with E-state index in [0.717, 1.165) is 19.3 Å². The maximum atomic E-state index is 12.0. The summed E-state index contributed by atoms with van der Waals surface area (Å²) in [7, 11) is 0. The molecule has 0 spiro atoms. The van der Waals surface area contributed by atoms with Gasteiger partial charge in [0.15, 0.2) is 0 Å². The Bertz CT molecular complexity index is 351. The van der Waals surface area contributed by atoms with E-state index >= 15 is 0 Å². The minimum absolute atomic E-state index is 0.106. The minimum atomic E-state index is 0.106. The Morgan fingerprint density at radius 3 is 1.73 bits per heavy atom. The van der Waals surface area contributed by atoms with Crippen molar-refractivity contribution >= 4 is 11.6 Å². The van der Waals surface area contributed by atoms with Crippen molar-refractivity contribution in [3.63, 3.8) is 0 Å². The molecule has 0 saturated heterocycles. The van der Waals surface area contributed by atoms with Crippen molar-refractivity contribution < 1.29 is 4.79 Å². The quantitative estimate of drug-likeness (QED) is 0.321. The zero-order chi connectivity index (χ0) is 18.7. The lowest BCUT2D eigenvalue weighted by Gasteiger charge is -2.09. The van der Waals surface area contributed by atoms with Crippen molar-refractivity contribution in [3.05, 3.63) is 0 Å². The summed E-state index contributed by atoms with van der Waals surface area (Å²) in [5.74, 6) is 0.106. The second-order valence-electron chi connectivity index (χ2n) is 8.12. The molecule has 3 nitrogen and oxygen atoms in total. The molecule has 0 atom stereocenters. The fraction of sp³-hybridized carbons (Fsp3) is 0.913. The highest BCUT2D eigenvalue weighted by Gasteiger charge is 2.05. The standard InChI is InChI=1S/C23H44N2O/c1-2-3-4-5-6-12-15-18-21-23(26)25-24-22-19-16-13-10-8-7-9-11-14-17-20-22/h2-21H2,1H3,(H,25,26). The van der Waals surface area contributed by atoms with Gasteiger partial charge in [0.25, 0.3) is 0 Å². The van der Waals surface area contributed by atoms with Gasteiger partial charge in [0, 0.05) is 12.1 Å². The third-order valence-corrected chi connectivity index (χ3v) is 5.53. The summed E-state index contributed by atoms with van der Waals surface area (Å²) < 4.78 is 0. The van der Waals surface area contributed by atoms with Gasteiger partial charge in [-0.2, -0.15) is 5.10 Å². The summed E-state index contributed by atoms with van der Waals surface area (Å²) in [6.45, 7) is 2.25. The van der Waals surface area contributed by atoms with Crippen LogP contribution >= 0.6 is 0 Å². The number of hydrogen-bond donors (Lipinski definition) is 1. The van der Waals surface area contributed by atoms with Crippen LogP contribution in [0.5, 0.6) is 0 Å². The van der Waals surface area contributed by atoms with Crippen LogP contribution in [0.3, 0.4) is 0 Å². The van der Waals surface area contributed by atoms with Crippen LogP contribution in [0.2, 0.25) is 0 Å². The average Bonchev–Trinajstić information content (AvgIpc) is 2.63. The summed E-state index contributed by atoms with van der Waals surface area (Å²) in [4.78, 5) is 12.0. The number of hydrogen-bond acceptors (Lipinski definition) is 2. The summed E-state index contributed by atoms with van der Waals surface area (Å²) >= 11 is 0. The zero-order valence-electron chi connectivity index (χ0n) is 17.5. The lowest BCUT2D eigenvalue weighted by Crippen LogP contribution is -2.19. The summed E-state index contributed by atoms with van der Waals surface area (Å²) in [5.41, 5.74) is 4.05. The summed E-state index contributed by atoms with van der Waals surface area (Å²) in [5, 5.41) is 4.48. The van der Waals surface area contributed by atoms with Crippen LogP contribution in [0.15, 0.2) is 5.10 Å². The van der Waals surface area contributed by atoms with Gasteiger partial charge in [-0.25, -0.2) is 5.43 Å². The van der Waals surface area contributed by atoms with Gasteiger partial charge in [0.2, 0.25) is 5.91 Å². The first-order valence-electron chi connectivity index (χ1n) is 11.7. The summed E-state index contributed by atoms with van der Waals surface area (Å²) in [6, 6.07) is 0. The molecule has 3 heteroatoms. The monoisotopic (exact) mass is 364 g/mol. The van der Waals surface area contributed by atoms with E-state index in [1.54, 1.807) is 0 Å². The van der Waals surface area contributed by atoms with Gasteiger partial charge in [-0.15, -0.1) is 0 Å². The molecule has 1 N–H and O–H groups in total. The molecule has 0 aromatic carbocycles. The number of hydrazone groups is 1. The molecular weight excluding hydrogens is 320 g/mol. The SMILES string of the molecule is CCCCCCCCCCC(=O)NN=C1CCCCCCCCCCC1.